The molecular weight excluding hydrogens is 697 g/mol. The van der Waals surface area contributed by atoms with Gasteiger partial charge in [0.05, 0.1) is 0 Å². The van der Waals surface area contributed by atoms with Gasteiger partial charge in [-0.05, 0) is 25.2 Å². The highest BCUT2D eigenvalue weighted by Crippen LogP contribution is 2.17. The van der Waals surface area contributed by atoms with Crippen molar-refractivity contribution in [1.29, 1.82) is 0 Å². The van der Waals surface area contributed by atoms with Crippen molar-refractivity contribution in [2.45, 2.75) is 284 Å². The maximum absolute atomic E-state index is 12.7. The molecule has 0 aromatic heterocycles. The molecule has 6 nitrogen and oxygen atoms in total. The molecule has 332 valence electrons. The Labute approximate surface area is 348 Å². The third kappa shape index (κ3) is 43.5. The molecule has 0 rings (SSSR count). The molecule has 0 saturated carbocycles. The minimum atomic E-state index is -0.759. The smallest absolute Gasteiger partial charge is 0.306 e. The van der Waals surface area contributed by atoms with Gasteiger partial charge in [0, 0.05) is 19.3 Å². The number of unbranched alkanes of at least 4 members (excludes halogenated alkanes) is 32. The molecule has 0 spiro atoms. The number of esters is 3. The van der Waals surface area contributed by atoms with Gasteiger partial charge in [-0.2, -0.15) is 0 Å². The summed E-state index contributed by atoms with van der Waals surface area (Å²) >= 11 is 0. The summed E-state index contributed by atoms with van der Waals surface area (Å²) in [4.78, 5) is 37.7. The first-order chi connectivity index (χ1) is 27.4. The first kappa shape index (κ1) is 54.4. The molecule has 1 atom stereocenters. The van der Waals surface area contributed by atoms with Crippen LogP contribution in [0.1, 0.15) is 278 Å². The fourth-order valence-corrected chi connectivity index (χ4v) is 7.51. The molecule has 0 aromatic rings. The lowest BCUT2D eigenvalue weighted by Crippen LogP contribution is -2.30. The normalized spacial score (nSPS) is 11.9. The predicted molar refractivity (Wildman–Crippen MR) is 238 cm³/mol. The number of hydrogen-bond donors (Lipinski definition) is 0. The molecule has 0 N–H and O–H groups in total. The standard InChI is InChI=1S/C50H96O6/c1-5-7-9-11-13-14-15-19-23-26-30-34-38-42-49(52)55-45-47(44-54-48(51)41-37-33-28-12-10-8-6-2)56-50(53)43-39-35-31-27-24-21-18-16-17-20-22-25-29-32-36-40-46(3)4/h46-47H,5-45H2,1-4H3/t47-/m1/s1. The van der Waals surface area contributed by atoms with Crippen LogP contribution in [0.5, 0.6) is 0 Å². The van der Waals surface area contributed by atoms with E-state index in [0.717, 1.165) is 63.7 Å². The summed E-state index contributed by atoms with van der Waals surface area (Å²) in [6, 6.07) is 0. The van der Waals surface area contributed by atoms with Crippen molar-refractivity contribution < 1.29 is 28.6 Å². The number of carbonyl (C=O) groups excluding carboxylic acids is 3. The largest absolute Gasteiger partial charge is 0.462 e. The SMILES string of the molecule is CCCCCCCCCCCCCCCC(=O)OC[C@@H](COC(=O)CCCCCCCCC)OC(=O)CCCCCCCCCCCCCCCCCC(C)C. The van der Waals surface area contributed by atoms with Crippen molar-refractivity contribution in [3.05, 3.63) is 0 Å². The average molecular weight is 793 g/mol. The Hall–Kier alpha value is -1.59. The fraction of sp³-hybridized carbons (Fsp3) is 0.940. The Bertz CT molecular complexity index is 841. The zero-order chi connectivity index (χ0) is 41.0. The lowest BCUT2D eigenvalue weighted by Gasteiger charge is -2.18. The second-order valence-corrected chi connectivity index (χ2v) is 17.6. The van der Waals surface area contributed by atoms with Gasteiger partial charge in [-0.25, -0.2) is 0 Å². The van der Waals surface area contributed by atoms with Crippen LogP contribution in [-0.4, -0.2) is 37.2 Å². The van der Waals surface area contributed by atoms with Crippen molar-refractivity contribution in [3.8, 4) is 0 Å². The number of carbonyl (C=O) groups is 3. The summed E-state index contributed by atoms with van der Waals surface area (Å²) in [6.45, 7) is 8.99. The highest BCUT2D eigenvalue weighted by Gasteiger charge is 2.19. The molecule has 0 aromatic carbocycles. The highest BCUT2D eigenvalue weighted by atomic mass is 16.6. The van der Waals surface area contributed by atoms with E-state index < -0.39 is 6.10 Å². The topological polar surface area (TPSA) is 78.9 Å². The third-order valence-corrected chi connectivity index (χ3v) is 11.3. The molecule has 0 aliphatic carbocycles. The van der Waals surface area contributed by atoms with Crippen LogP contribution >= 0.6 is 0 Å². The lowest BCUT2D eigenvalue weighted by atomic mass is 10.0. The van der Waals surface area contributed by atoms with Gasteiger partial charge in [-0.3, -0.25) is 14.4 Å². The van der Waals surface area contributed by atoms with E-state index in [-0.39, 0.29) is 31.1 Å². The zero-order valence-corrected chi connectivity index (χ0v) is 38.1. The maximum Gasteiger partial charge on any atom is 0.306 e. The average Bonchev–Trinajstić information content (AvgIpc) is 3.18. The van der Waals surface area contributed by atoms with Crippen molar-refractivity contribution in [1.82, 2.24) is 0 Å². The molecule has 0 bridgehead atoms. The summed E-state index contributed by atoms with van der Waals surface area (Å²) in [5.74, 6) is -0.00563. The number of rotatable bonds is 45. The van der Waals surface area contributed by atoms with E-state index in [0.29, 0.717) is 19.3 Å². The minimum Gasteiger partial charge on any atom is -0.462 e. The number of ether oxygens (including phenoxy) is 3. The Kier molecular flexibility index (Phi) is 43.2. The monoisotopic (exact) mass is 793 g/mol. The Morgan fingerprint density at radius 2 is 0.589 bits per heavy atom. The lowest BCUT2D eigenvalue weighted by molar-refractivity contribution is -0.167. The van der Waals surface area contributed by atoms with Crippen LogP contribution in [0.15, 0.2) is 0 Å². The van der Waals surface area contributed by atoms with E-state index in [1.165, 1.54) is 173 Å². The molecule has 0 fully saturated rings. The minimum absolute atomic E-state index is 0.0633. The van der Waals surface area contributed by atoms with Crippen LogP contribution in [0.3, 0.4) is 0 Å². The van der Waals surface area contributed by atoms with Crippen molar-refractivity contribution >= 4 is 17.9 Å². The summed E-state index contributed by atoms with van der Waals surface area (Å²) in [6.07, 6.45) is 45.3. The molecule has 56 heavy (non-hydrogen) atoms. The maximum atomic E-state index is 12.7. The summed E-state index contributed by atoms with van der Waals surface area (Å²) in [7, 11) is 0. The number of hydrogen-bond acceptors (Lipinski definition) is 6. The summed E-state index contributed by atoms with van der Waals surface area (Å²) in [5, 5.41) is 0. The van der Waals surface area contributed by atoms with Gasteiger partial charge in [0.1, 0.15) is 13.2 Å². The first-order valence-electron chi connectivity index (χ1n) is 24.9. The summed E-state index contributed by atoms with van der Waals surface area (Å²) < 4.78 is 16.7. The van der Waals surface area contributed by atoms with E-state index >= 15 is 0 Å². The second-order valence-electron chi connectivity index (χ2n) is 17.6. The first-order valence-corrected chi connectivity index (χ1v) is 24.9. The van der Waals surface area contributed by atoms with Crippen LogP contribution in [0.2, 0.25) is 0 Å². The van der Waals surface area contributed by atoms with E-state index in [9.17, 15) is 14.4 Å². The Balaban J connectivity index is 4.20. The molecule has 0 saturated heterocycles. The second kappa shape index (κ2) is 44.5. The van der Waals surface area contributed by atoms with E-state index in [1.807, 2.05) is 0 Å². The van der Waals surface area contributed by atoms with Gasteiger partial charge in [0.15, 0.2) is 6.10 Å². The highest BCUT2D eigenvalue weighted by molar-refractivity contribution is 5.71. The molecule has 0 aliphatic heterocycles. The summed E-state index contributed by atoms with van der Waals surface area (Å²) in [5.41, 5.74) is 0. The van der Waals surface area contributed by atoms with Crippen LogP contribution < -0.4 is 0 Å². The van der Waals surface area contributed by atoms with E-state index in [1.54, 1.807) is 0 Å². The molecule has 0 radical (unpaired) electrons. The van der Waals surface area contributed by atoms with E-state index in [4.69, 9.17) is 14.2 Å². The third-order valence-electron chi connectivity index (χ3n) is 11.3. The fourth-order valence-electron chi connectivity index (χ4n) is 7.51. The van der Waals surface area contributed by atoms with Crippen LogP contribution in [0.4, 0.5) is 0 Å². The predicted octanol–water partition coefficient (Wildman–Crippen LogP) is 15.9. The van der Waals surface area contributed by atoms with Crippen molar-refractivity contribution in [2.24, 2.45) is 5.92 Å². The van der Waals surface area contributed by atoms with Gasteiger partial charge in [0.2, 0.25) is 0 Å². The van der Waals surface area contributed by atoms with Crippen molar-refractivity contribution in [3.63, 3.8) is 0 Å². The van der Waals surface area contributed by atoms with Gasteiger partial charge in [-0.1, -0.05) is 240 Å². The molecular formula is C50H96O6. The van der Waals surface area contributed by atoms with Crippen LogP contribution in [0.25, 0.3) is 0 Å². The van der Waals surface area contributed by atoms with Gasteiger partial charge in [0.25, 0.3) is 0 Å². The van der Waals surface area contributed by atoms with Crippen LogP contribution in [-0.2, 0) is 28.6 Å². The van der Waals surface area contributed by atoms with Gasteiger partial charge >= 0.3 is 17.9 Å². The molecule has 0 aliphatic rings. The van der Waals surface area contributed by atoms with Gasteiger partial charge in [-0.15, -0.1) is 0 Å². The Morgan fingerprint density at radius 3 is 0.875 bits per heavy atom. The Morgan fingerprint density at radius 1 is 0.339 bits per heavy atom. The van der Waals surface area contributed by atoms with Gasteiger partial charge < -0.3 is 14.2 Å². The zero-order valence-electron chi connectivity index (χ0n) is 38.1. The van der Waals surface area contributed by atoms with E-state index in [2.05, 4.69) is 27.7 Å². The van der Waals surface area contributed by atoms with Crippen LogP contribution in [0, 0.1) is 5.92 Å². The van der Waals surface area contributed by atoms with Crippen molar-refractivity contribution in [2.75, 3.05) is 13.2 Å². The molecule has 0 amide bonds. The molecule has 0 heterocycles. The molecule has 6 heteroatoms. The molecule has 0 unspecified atom stereocenters. The quantitative estimate of drug-likeness (QED) is 0.0347.